The topological polar surface area (TPSA) is 108 Å². The summed E-state index contributed by atoms with van der Waals surface area (Å²) < 4.78 is 31.2. The van der Waals surface area contributed by atoms with Crippen LogP contribution in [0.4, 0.5) is 5.69 Å². The fourth-order valence-electron chi connectivity index (χ4n) is 4.03. The molecule has 0 aliphatic heterocycles. The van der Waals surface area contributed by atoms with E-state index in [2.05, 4.69) is 30.5 Å². The third kappa shape index (κ3) is 6.07. The van der Waals surface area contributed by atoms with E-state index in [-0.39, 0.29) is 23.5 Å². The lowest BCUT2D eigenvalue weighted by Gasteiger charge is -2.26. The number of benzene rings is 2. The monoisotopic (exact) mass is 484 g/mol. The van der Waals surface area contributed by atoms with Crippen LogP contribution >= 0.6 is 0 Å². The van der Waals surface area contributed by atoms with Crippen molar-refractivity contribution in [1.82, 2.24) is 4.98 Å². The van der Waals surface area contributed by atoms with Gasteiger partial charge in [0.25, 0.3) is 5.56 Å². The minimum absolute atomic E-state index is 0.108. The van der Waals surface area contributed by atoms with Crippen molar-refractivity contribution < 1.29 is 18.3 Å². The molecule has 3 N–H and O–H groups in total. The maximum Gasteiger partial charge on any atom is 0.255 e. The molecule has 1 heterocycles. The van der Waals surface area contributed by atoms with Gasteiger partial charge in [0.2, 0.25) is 10.0 Å². The predicted molar refractivity (Wildman–Crippen MR) is 136 cm³/mol. The Bertz CT molecular complexity index is 1310. The highest BCUT2D eigenvalue weighted by Gasteiger charge is 2.25. The van der Waals surface area contributed by atoms with Crippen molar-refractivity contribution in [2.24, 2.45) is 0 Å². The summed E-state index contributed by atoms with van der Waals surface area (Å²) in [6, 6.07) is 14.5. The second-order valence-corrected chi connectivity index (χ2v) is 11.2. The zero-order chi connectivity index (χ0) is 25.1. The largest absolute Gasteiger partial charge is 0.496 e. The van der Waals surface area contributed by atoms with Crippen molar-refractivity contribution in [3.63, 3.8) is 0 Å². The van der Waals surface area contributed by atoms with E-state index >= 15 is 0 Å². The van der Waals surface area contributed by atoms with Crippen LogP contribution in [-0.2, 0) is 21.9 Å². The highest BCUT2D eigenvalue weighted by Crippen LogP contribution is 2.39. The Morgan fingerprint density at radius 2 is 1.79 bits per heavy atom. The Morgan fingerprint density at radius 1 is 1.12 bits per heavy atom. The van der Waals surface area contributed by atoms with Crippen LogP contribution in [0, 0.1) is 0 Å². The van der Waals surface area contributed by atoms with Gasteiger partial charge in [-0.15, -0.1) is 0 Å². The average molecular weight is 485 g/mol. The minimum Gasteiger partial charge on any atom is -0.496 e. The van der Waals surface area contributed by atoms with E-state index in [4.69, 9.17) is 4.74 Å². The number of methoxy groups -OCH3 is 1. The van der Waals surface area contributed by atoms with Gasteiger partial charge in [0.05, 0.1) is 20.0 Å². The number of nitrogens with one attached hydrogen (secondary N) is 2. The first-order valence-corrected chi connectivity index (χ1v) is 12.9. The number of hydrogen-bond donors (Lipinski definition) is 3. The van der Waals surface area contributed by atoms with Crippen molar-refractivity contribution in [2.45, 2.75) is 38.5 Å². The van der Waals surface area contributed by atoms with E-state index in [0.29, 0.717) is 17.7 Å². The van der Waals surface area contributed by atoms with E-state index in [1.165, 1.54) is 0 Å². The van der Waals surface area contributed by atoms with Crippen LogP contribution in [0.25, 0.3) is 11.1 Å². The van der Waals surface area contributed by atoms with Gasteiger partial charge >= 0.3 is 0 Å². The number of H-pyrrole nitrogens is 1. The van der Waals surface area contributed by atoms with Crippen LogP contribution in [0.3, 0.4) is 0 Å². The average Bonchev–Trinajstić information content (AvgIpc) is 2.76. The van der Waals surface area contributed by atoms with Crippen molar-refractivity contribution in [1.29, 1.82) is 0 Å². The number of ether oxygens (including phenoxy) is 1. The minimum atomic E-state index is -3.37. The summed E-state index contributed by atoms with van der Waals surface area (Å²) in [5.74, 6) is 0.482. The number of aromatic amines is 1. The lowest BCUT2D eigenvalue weighted by atomic mass is 9.81. The standard InChI is InChI=1S/C26H32N2O5S/c1-26(2,3)23-15-18(22-7-6-12-27-25(22)30)13-19(24(23)33-4)14-20(16-29)17-8-10-21(11-9-17)28-34(5,31)32/h6-13,15,20,28-29H,14,16H2,1-5H3,(H,27,30). The molecule has 8 heteroatoms. The fraction of sp³-hybridized carbons (Fsp3) is 0.346. The molecule has 0 saturated carbocycles. The summed E-state index contributed by atoms with van der Waals surface area (Å²) in [6.45, 7) is 6.16. The number of rotatable bonds is 8. The van der Waals surface area contributed by atoms with Gasteiger partial charge in [-0.25, -0.2) is 8.42 Å². The van der Waals surface area contributed by atoms with E-state index in [0.717, 1.165) is 34.3 Å². The van der Waals surface area contributed by atoms with E-state index in [1.54, 1.807) is 49.7 Å². The Morgan fingerprint density at radius 3 is 2.32 bits per heavy atom. The van der Waals surface area contributed by atoms with Crippen LogP contribution < -0.4 is 15.0 Å². The molecule has 1 atom stereocenters. The van der Waals surface area contributed by atoms with Gasteiger partial charge in [0.1, 0.15) is 5.75 Å². The first-order chi connectivity index (χ1) is 15.9. The fourth-order valence-corrected chi connectivity index (χ4v) is 4.60. The molecular formula is C26H32N2O5S. The molecule has 0 spiro atoms. The predicted octanol–water partition coefficient (Wildman–Crippen LogP) is 4.04. The van der Waals surface area contributed by atoms with Gasteiger partial charge in [-0.3, -0.25) is 9.52 Å². The summed E-state index contributed by atoms with van der Waals surface area (Å²) in [5, 5.41) is 10.2. The highest BCUT2D eigenvalue weighted by molar-refractivity contribution is 7.92. The molecule has 3 rings (SSSR count). The molecule has 7 nitrogen and oxygen atoms in total. The second-order valence-electron chi connectivity index (χ2n) is 9.46. The van der Waals surface area contributed by atoms with Crippen LogP contribution in [-0.4, -0.2) is 38.5 Å². The first-order valence-electron chi connectivity index (χ1n) is 11.0. The van der Waals surface area contributed by atoms with E-state index in [1.807, 2.05) is 12.1 Å². The van der Waals surface area contributed by atoms with Gasteiger partial charge in [-0.1, -0.05) is 32.9 Å². The molecular weight excluding hydrogens is 452 g/mol. The lowest BCUT2D eigenvalue weighted by molar-refractivity contribution is 0.263. The molecule has 0 amide bonds. The second kappa shape index (κ2) is 10.0. The highest BCUT2D eigenvalue weighted by atomic mass is 32.2. The molecule has 1 aromatic heterocycles. The molecule has 182 valence electrons. The number of aliphatic hydroxyl groups is 1. The first kappa shape index (κ1) is 25.5. The third-order valence-electron chi connectivity index (χ3n) is 5.68. The molecule has 0 aliphatic carbocycles. The van der Waals surface area contributed by atoms with Crippen molar-refractivity contribution in [3.8, 4) is 16.9 Å². The number of sulfonamides is 1. The van der Waals surface area contributed by atoms with Crippen molar-refractivity contribution >= 4 is 15.7 Å². The Balaban J connectivity index is 2.07. The molecule has 0 aliphatic rings. The van der Waals surface area contributed by atoms with Gasteiger partial charge in [0, 0.05) is 28.9 Å². The number of pyridine rings is 1. The number of hydrogen-bond acceptors (Lipinski definition) is 5. The zero-order valence-electron chi connectivity index (χ0n) is 20.2. The number of aromatic nitrogens is 1. The summed E-state index contributed by atoms with van der Waals surface area (Å²) in [4.78, 5) is 15.2. The summed E-state index contributed by atoms with van der Waals surface area (Å²) >= 11 is 0. The number of anilines is 1. The van der Waals surface area contributed by atoms with Crippen molar-refractivity contribution in [3.05, 3.63) is 81.8 Å². The molecule has 1 unspecified atom stereocenters. The maximum atomic E-state index is 12.5. The number of aliphatic hydroxyl groups excluding tert-OH is 1. The smallest absolute Gasteiger partial charge is 0.255 e. The van der Waals surface area contributed by atoms with Crippen LogP contribution in [0.1, 0.15) is 43.4 Å². The normalized spacial score (nSPS) is 12.9. The van der Waals surface area contributed by atoms with Crippen LogP contribution in [0.15, 0.2) is 59.5 Å². The lowest BCUT2D eigenvalue weighted by Crippen LogP contribution is -2.17. The maximum absolute atomic E-state index is 12.5. The zero-order valence-corrected chi connectivity index (χ0v) is 21.0. The van der Waals surface area contributed by atoms with Crippen LogP contribution in [0.5, 0.6) is 5.75 Å². The van der Waals surface area contributed by atoms with Gasteiger partial charge in [0.15, 0.2) is 0 Å². The molecule has 3 aromatic rings. The molecule has 0 fully saturated rings. The Hall–Kier alpha value is -3.10. The quantitative estimate of drug-likeness (QED) is 0.447. The third-order valence-corrected chi connectivity index (χ3v) is 6.29. The molecule has 2 aromatic carbocycles. The van der Waals surface area contributed by atoms with E-state index in [9.17, 15) is 18.3 Å². The van der Waals surface area contributed by atoms with Gasteiger partial charge in [-0.05, 0) is 64.9 Å². The molecule has 0 radical (unpaired) electrons. The SMILES string of the molecule is COc1c(CC(CO)c2ccc(NS(C)(=O)=O)cc2)cc(-c2ccc[nH]c2=O)cc1C(C)(C)C. The molecule has 0 bridgehead atoms. The van der Waals surface area contributed by atoms with Gasteiger partial charge in [-0.2, -0.15) is 0 Å². The Labute approximate surface area is 200 Å². The van der Waals surface area contributed by atoms with E-state index < -0.39 is 10.0 Å². The summed E-state index contributed by atoms with van der Waals surface area (Å²) in [6.07, 6.45) is 3.17. The van der Waals surface area contributed by atoms with Crippen LogP contribution in [0.2, 0.25) is 0 Å². The summed E-state index contributed by atoms with van der Waals surface area (Å²) in [7, 11) is -1.74. The molecule has 0 saturated heterocycles. The Kier molecular flexibility index (Phi) is 7.53. The van der Waals surface area contributed by atoms with Gasteiger partial charge < -0.3 is 14.8 Å². The van der Waals surface area contributed by atoms with Crippen molar-refractivity contribution in [2.75, 3.05) is 24.7 Å². The molecule has 34 heavy (non-hydrogen) atoms. The summed E-state index contributed by atoms with van der Waals surface area (Å²) in [5.41, 5.74) is 4.10.